The van der Waals surface area contributed by atoms with Crippen LogP contribution in [-0.4, -0.2) is 43.1 Å². The van der Waals surface area contributed by atoms with Crippen LogP contribution < -0.4 is 5.32 Å². The minimum absolute atomic E-state index is 0.0562. The molecule has 0 fully saturated rings. The number of nitro groups is 2. The van der Waals surface area contributed by atoms with Crippen LogP contribution in [0.2, 0.25) is 0 Å². The SMILES string of the molecule is Cn1cnnc1Sc1ccc(C(=O)OCC(=O)Nc2ccccc2[N+](=O)[O-])cc1[N+](=O)[O-]. The van der Waals surface area contributed by atoms with Gasteiger partial charge in [-0.1, -0.05) is 12.1 Å². The Morgan fingerprint density at radius 2 is 1.84 bits per heavy atom. The number of rotatable bonds is 8. The normalized spacial score (nSPS) is 10.4. The van der Waals surface area contributed by atoms with E-state index in [1.807, 2.05) is 0 Å². The molecule has 13 nitrogen and oxygen atoms in total. The number of ether oxygens (including phenoxy) is 1. The largest absolute Gasteiger partial charge is 0.452 e. The number of carbonyl (C=O) groups excluding carboxylic acids is 2. The van der Waals surface area contributed by atoms with Gasteiger partial charge in [0, 0.05) is 19.2 Å². The van der Waals surface area contributed by atoms with Crippen molar-refractivity contribution in [1.29, 1.82) is 0 Å². The Morgan fingerprint density at radius 1 is 1.12 bits per heavy atom. The minimum atomic E-state index is -0.971. The first-order chi connectivity index (χ1) is 15.3. The second-order valence-electron chi connectivity index (χ2n) is 6.16. The average Bonchev–Trinajstić information content (AvgIpc) is 3.16. The highest BCUT2D eigenvalue weighted by molar-refractivity contribution is 7.99. The van der Waals surface area contributed by atoms with E-state index in [4.69, 9.17) is 4.74 Å². The summed E-state index contributed by atoms with van der Waals surface area (Å²) in [6.07, 6.45) is 1.44. The van der Waals surface area contributed by atoms with Gasteiger partial charge in [0.15, 0.2) is 11.8 Å². The third-order valence-corrected chi connectivity index (χ3v) is 5.09. The molecule has 1 heterocycles. The predicted molar refractivity (Wildman–Crippen MR) is 110 cm³/mol. The third-order valence-electron chi connectivity index (χ3n) is 3.97. The molecule has 14 heteroatoms. The highest BCUT2D eigenvalue weighted by Gasteiger charge is 2.21. The maximum absolute atomic E-state index is 12.3. The third kappa shape index (κ3) is 5.23. The molecule has 3 rings (SSSR count). The molecular formula is C18H14N6O7S. The number of benzene rings is 2. The lowest BCUT2D eigenvalue weighted by Gasteiger charge is -2.08. The second kappa shape index (κ2) is 9.65. The molecule has 1 aromatic heterocycles. The first kappa shape index (κ1) is 22.4. The maximum atomic E-state index is 12.3. The molecule has 1 amide bonds. The molecule has 0 spiro atoms. The van der Waals surface area contributed by atoms with Crippen LogP contribution >= 0.6 is 11.8 Å². The lowest BCUT2D eigenvalue weighted by atomic mass is 10.2. The van der Waals surface area contributed by atoms with E-state index in [9.17, 15) is 29.8 Å². The Kier molecular flexibility index (Phi) is 6.74. The fourth-order valence-electron chi connectivity index (χ4n) is 2.48. The highest BCUT2D eigenvalue weighted by atomic mass is 32.2. The van der Waals surface area contributed by atoms with Crippen LogP contribution in [0.1, 0.15) is 10.4 Å². The van der Waals surface area contributed by atoms with E-state index in [1.165, 1.54) is 42.7 Å². The molecule has 2 aromatic carbocycles. The number of esters is 1. The molecule has 0 saturated carbocycles. The van der Waals surface area contributed by atoms with Crippen molar-refractivity contribution in [3.8, 4) is 0 Å². The summed E-state index contributed by atoms with van der Waals surface area (Å²) in [6, 6.07) is 9.17. The van der Waals surface area contributed by atoms with Gasteiger partial charge in [-0.2, -0.15) is 0 Å². The standard InChI is InChI=1S/C18H14N6O7S/c1-22-10-19-21-18(22)32-15-7-6-11(8-14(15)24(29)30)17(26)31-9-16(25)20-12-4-2-3-5-13(12)23(27)28/h2-8,10H,9H2,1H3,(H,20,25). The summed E-state index contributed by atoms with van der Waals surface area (Å²) >= 11 is 0.996. The van der Waals surface area contributed by atoms with Crippen molar-refractivity contribution >= 4 is 40.7 Å². The number of hydrogen-bond donors (Lipinski definition) is 1. The van der Waals surface area contributed by atoms with Crippen LogP contribution in [0, 0.1) is 20.2 Å². The van der Waals surface area contributed by atoms with E-state index >= 15 is 0 Å². The molecule has 0 saturated heterocycles. The maximum Gasteiger partial charge on any atom is 0.338 e. The summed E-state index contributed by atoms with van der Waals surface area (Å²) in [6.45, 7) is -0.742. The van der Waals surface area contributed by atoms with Gasteiger partial charge in [-0.25, -0.2) is 4.79 Å². The number of nitro benzene ring substituents is 2. The first-order valence-electron chi connectivity index (χ1n) is 8.77. The van der Waals surface area contributed by atoms with Gasteiger partial charge in [0.1, 0.15) is 12.0 Å². The van der Waals surface area contributed by atoms with E-state index in [0.29, 0.717) is 5.16 Å². The average molecular weight is 458 g/mol. The van der Waals surface area contributed by atoms with Gasteiger partial charge in [0.05, 0.1) is 20.3 Å². The molecule has 0 radical (unpaired) electrons. The first-order valence-corrected chi connectivity index (χ1v) is 9.58. The quantitative estimate of drug-likeness (QED) is 0.300. The summed E-state index contributed by atoms with van der Waals surface area (Å²) in [5.41, 5.74) is -0.868. The lowest BCUT2D eigenvalue weighted by molar-refractivity contribution is -0.387. The minimum Gasteiger partial charge on any atom is -0.452 e. The Labute approximate surface area is 183 Å². The topological polar surface area (TPSA) is 172 Å². The van der Waals surface area contributed by atoms with Gasteiger partial charge in [0.25, 0.3) is 17.3 Å². The van der Waals surface area contributed by atoms with Gasteiger partial charge in [-0.3, -0.25) is 25.0 Å². The van der Waals surface area contributed by atoms with Gasteiger partial charge in [-0.15, -0.1) is 10.2 Å². The molecule has 0 unspecified atom stereocenters. The van der Waals surface area contributed by atoms with Crippen molar-refractivity contribution in [3.63, 3.8) is 0 Å². The number of nitrogens with zero attached hydrogens (tertiary/aromatic N) is 5. The van der Waals surface area contributed by atoms with Gasteiger partial charge in [0.2, 0.25) is 0 Å². The van der Waals surface area contributed by atoms with Crippen molar-refractivity contribution in [3.05, 3.63) is 74.6 Å². The van der Waals surface area contributed by atoms with E-state index in [1.54, 1.807) is 11.6 Å². The monoisotopic (exact) mass is 458 g/mol. The van der Waals surface area contributed by atoms with Crippen LogP contribution in [0.15, 0.2) is 58.8 Å². The van der Waals surface area contributed by atoms with Crippen LogP contribution in [0.4, 0.5) is 17.1 Å². The molecule has 0 aliphatic rings. The Morgan fingerprint density at radius 3 is 2.50 bits per heavy atom. The van der Waals surface area contributed by atoms with Crippen LogP contribution in [0.25, 0.3) is 0 Å². The summed E-state index contributed by atoms with van der Waals surface area (Å²) < 4.78 is 6.46. The Hall–Kier alpha value is -4.33. The van der Waals surface area contributed by atoms with Gasteiger partial charge in [-0.05, 0) is 30.0 Å². The van der Waals surface area contributed by atoms with Gasteiger partial charge >= 0.3 is 5.97 Å². The number of aryl methyl sites for hydroxylation is 1. The number of para-hydroxylation sites is 2. The smallest absolute Gasteiger partial charge is 0.338 e. The summed E-state index contributed by atoms with van der Waals surface area (Å²) in [7, 11) is 1.68. The lowest BCUT2D eigenvalue weighted by Crippen LogP contribution is -2.21. The number of aromatic nitrogens is 3. The van der Waals surface area contributed by atoms with E-state index in [0.717, 1.165) is 17.8 Å². The van der Waals surface area contributed by atoms with Crippen LogP contribution in [0.5, 0.6) is 0 Å². The number of anilines is 1. The van der Waals surface area contributed by atoms with Crippen molar-refractivity contribution < 1.29 is 24.2 Å². The second-order valence-corrected chi connectivity index (χ2v) is 7.17. The van der Waals surface area contributed by atoms with Crippen LogP contribution in [0.3, 0.4) is 0 Å². The molecule has 1 N–H and O–H groups in total. The number of carbonyl (C=O) groups is 2. The van der Waals surface area contributed by atoms with Crippen molar-refractivity contribution in [1.82, 2.24) is 14.8 Å². The summed E-state index contributed by atoms with van der Waals surface area (Å²) in [5, 5.41) is 32.7. The highest BCUT2D eigenvalue weighted by Crippen LogP contribution is 2.34. The zero-order valence-electron chi connectivity index (χ0n) is 16.3. The Bertz CT molecular complexity index is 1210. The van der Waals surface area contributed by atoms with Crippen molar-refractivity contribution in [2.75, 3.05) is 11.9 Å². The van der Waals surface area contributed by atoms with Crippen molar-refractivity contribution in [2.24, 2.45) is 7.05 Å². The summed E-state index contributed by atoms with van der Waals surface area (Å²) in [5.74, 6) is -1.78. The van der Waals surface area contributed by atoms with Gasteiger partial charge < -0.3 is 14.6 Å². The zero-order chi connectivity index (χ0) is 23.3. The zero-order valence-corrected chi connectivity index (χ0v) is 17.1. The number of nitrogens with one attached hydrogen (secondary N) is 1. The molecule has 164 valence electrons. The molecule has 0 aliphatic heterocycles. The van der Waals surface area contributed by atoms with Crippen molar-refractivity contribution in [2.45, 2.75) is 10.1 Å². The molecule has 3 aromatic rings. The Balaban J connectivity index is 1.68. The number of amides is 1. The van der Waals surface area contributed by atoms with E-state index in [-0.39, 0.29) is 27.5 Å². The molecule has 0 aliphatic carbocycles. The summed E-state index contributed by atoms with van der Waals surface area (Å²) in [4.78, 5) is 45.6. The molecular weight excluding hydrogens is 444 g/mol. The van der Waals surface area contributed by atoms with Crippen LogP contribution in [-0.2, 0) is 16.6 Å². The fraction of sp³-hybridized carbons (Fsp3) is 0.111. The molecule has 0 bridgehead atoms. The van der Waals surface area contributed by atoms with E-state index in [2.05, 4.69) is 15.5 Å². The predicted octanol–water partition coefficient (Wildman–Crippen LogP) is 2.58. The molecule has 0 atom stereocenters. The fourth-order valence-corrected chi connectivity index (χ4v) is 3.33. The molecule has 32 heavy (non-hydrogen) atoms. The number of hydrogen-bond acceptors (Lipinski definition) is 10. The van der Waals surface area contributed by atoms with E-state index < -0.39 is 28.3 Å².